The molecule has 2 N–H and O–H groups in total. The van der Waals surface area contributed by atoms with Crippen LogP contribution in [0.15, 0.2) is 34.4 Å². The topological polar surface area (TPSA) is 101 Å². The number of ether oxygens (including phenoxy) is 1. The summed E-state index contributed by atoms with van der Waals surface area (Å²) < 4.78 is 4.63. The molecule has 2 heterocycles. The lowest BCUT2D eigenvalue weighted by atomic mass is 10.1. The molecular weight excluding hydrogens is 294 g/mol. The van der Waals surface area contributed by atoms with Gasteiger partial charge in [0, 0.05) is 10.9 Å². The second-order valence-electron chi connectivity index (χ2n) is 4.13. The average molecular weight is 307 g/mol. The van der Waals surface area contributed by atoms with Gasteiger partial charge in [-0.25, -0.2) is 5.10 Å². The van der Waals surface area contributed by atoms with Crippen LogP contribution in [0, 0.1) is 0 Å². The minimum Gasteiger partial charge on any atom is -0.469 e. The van der Waals surface area contributed by atoms with Gasteiger partial charge in [0.05, 0.1) is 19.6 Å². The number of nitrogens with one attached hydrogen (secondary N) is 2. The summed E-state index contributed by atoms with van der Waals surface area (Å²) >= 11 is 1.42. The number of nitrogens with zero attached hydrogens (tertiary/aromatic N) is 1. The fourth-order valence-electron chi connectivity index (χ4n) is 1.67. The van der Waals surface area contributed by atoms with Crippen LogP contribution >= 0.6 is 11.3 Å². The molecule has 0 saturated heterocycles. The summed E-state index contributed by atoms with van der Waals surface area (Å²) in [6, 6.07) is 5.67. The highest BCUT2D eigenvalue weighted by atomic mass is 32.1. The van der Waals surface area contributed by atoms with Gasteiger partial charge in [-0.05, 0) is 17.5 Å². The van der Waals surface area contributed by atoms with E-state index >= 15 is 0 Å². The first-order valence-corrected chi connectivity index (χ1v) is 6.95. The third kappa shape index (κ3) is 3.99. The first kappa shape index (κ1) is 14.9. The molecule has 2 aromatic heterocycles. The lowest BCUT2D eigenvalue weighted by Gasteiger charge is -2.15. The normalized spacial score (nSPS) is 11.7. The molecule has 0 aliphatic heterocycles. The van der Waals surface area contributed by atoms with E-state index in [1.54, 1.807) is 0 Å². The molecule has 1 atom stereocenters. The summed E-state index contributed by atoms with van der Waals surface area (Å²) in [5.74, 6) is -0.906. The smallest absolute Gasteiger partial charge is 0.307 e. The van der Waals surface area contributed by atoms with Crippen molar-refractivity contribution in [1.82, 2.24) is 15.5 Å². The highest BCUT2D eigenvalue weighted by molar-refractivity contribution is 7.10. The molecule has 1 amide bonds. The minimum atomic E-state index is -0.501. The standard InChI is InChI=1S/C13H13N3O4S/c1-20-12(18)7-9(10-3-2-6-21-10)14-13(19)8-4-5-11(17)16-15-8/h2-6,9H,7H2,1H3,(H,14,19)(H,16,17). The predicted molar refractivity (Wildman–Crippen MR) is 76.0 cm³/mol. The van der Waals surface area contributed by atoms with Crippen molar-refractivity contribution in [3.05, 3.63) is 50.6 Å². The molecular formula is C13H13N3O4S. The minimum absolute atomic E-state index is 0.0199. The van der Waals surface area contributed by atoms with Crippen LogP contribution in [0.25, 0.3) is 0 Å². The van der Waals surface area contributed by atoms with Gasteiger partial charge >= 0.3 is 5.97 Å². The fraction of sp³-hybridized carbons (Fsp3) is 0.231. The van der Waals surface area contributed by atoms with Crippen molar-refractivity contribution >= 4 is 23.2 Å². The van der Waals surface area contributed by atoms with E-state index < -0.39 is 23.5 Å². The number of hydrogen-bond acceptors (Lipinski definition) is 6. The number of aromatic amines is 1. The van der Waals surface area contributed by atoms with E-state index in [0.717, 1.165) is 4.88 Å². The quantitative estimate of drug-likeness (QED) is 0.798. The van der Waals surface area contributed by atoms with Crippen LogP contribution in [0.2, 0.25) is 0 Å². The van der Waals surface area contributed by atoms with Gasteiger partial charge < -0.3 is 10.1 Å². The number of amides is 1. The van der Waals surface area contributed by atoms with Gasteiger partial charge in [0.2, 0.25) is 0 Å². The molecule has 8 heteroatoms. The number of methoxy groups -OCH3 is 1. The highest BCUT2D eigenvalue weighted by Gasteiger charge is 2.21. The third-order valence-electron chi connectivity index (χ3n) is 2.70. The second-order valence-corrected chi connectivity index (χ2v) is 5.11. The van der Waals surface area contributed by atoms with Gasteiger partial charge in [-0.1, -0.05) is 6.07 Å². The zero-order chi connectivity index (χ0) is 15.2. The Hall–Kier alpha value is -2.48. The van der Waals surface area contributed by atoms with Crippen LogP contribution in [-0.4, -0.2) is 29.2 Å². The van der Waals surface area contributed by atoms with Crippen molar-refractivity contribution < 1.29 is 14.3 Å². The molecule has 0 saturated carbocycles. The van der Waals surface area contributed by atoms with Crippen LogP contribution in [-0.2, 0) is 9.53 Å². The number of aromatic nitrogens is 2. The van der Waals surface area contributed by atoms with E-state index in [2.05, 4.69) is 20.3 Å². The molecule has 2 aromatic rings. The molecule has 0 bridgehead atoms. The molecule has 2 rings (SSSR count). The Kier molecular flexibility index (Phi) is 4.83. The van der Waals surface area contributed by atoms with E-state index in [9.17, 15) is 14.4 Å². The summed E-state index contributed by atoms with van der Waals surface area (Å²) in [5, 5.41) is 10.4. The fourth-order valence-corrected chi connectivity index (χ4v) is 2.44. The Bertz CT molecular complexity index is 660. The summed E-state index contributed by atoms with van der Waals surface area (Å²) in [5.41, 5.74) is -0.322. The number of thiophene rings is 1. The maximum absolute atomic E-state index is 12.1. The predicted octanol–water partition coefficient (Wildman–Crippen LogP) is 0.866. The first-order valence-electron chi connectivity index (χ1n) is 6.07. The molecule has 1 unspecified atom stereocenters. The van der Waals surface area contributed by atoms with Crippen LogP contribution < -0.4 is 10.9 Å². The summed E-state index contributed by atoms with van der Waals surface area (Å²) in [6.45, 7) is 0. The Morgan fingerprint density at radius 3 is 2.81 bits per heavy atom. The summed E-state index contributed by atoms with van der Waals surface area (Å²) in [6.07, 6.45) is 0.0199. The number of H-pyrrole nitrogens is 1. The Morgan fingerprint density at radius 1 is 1.43 bits per heavy atom. The van der Waals surface area contributed by atoms with E-state index in [0.29, 0.717) is 0 Å². The number of carbonyl (C=O) groups is 2. The van der Waals surface area contributed by atoms with Crippen LogP contribution in [0.3, 0.4) is 0 Å². The van der Waals surface area contributed by atoms with Crippen molar-refractivity contribution in [3.8, 4) is 0 Å². The van der Waals surface area contributed by atoms with Gasteiger partial charge in [-0.3, -0.25) is 14.4 Å². The maximum Gasteiger partial charge on any atom is 0.307 e. The van der Waals surface area contributed by atoms with E-state index in [-0.39, 0.29) is 12.1 Å². The molecule has 0 fully saturated rings. The molecule has 0 aromatic carbocycles. The van der Waals surface area contributed by atoms with Gasteiger partial charge in [-0.2, -0.15) is 5.10 Å². The Balaban J connectivity index is 2.14. The summed E-state index contributed by atoms with van der Waals surface area (Å²) in [4.78, 5) is 35.3. The maximum atomic E-state index is 12.1. The number of carbonyl (C=O) groups excluding carboxylic acids is 2. The molecule has 0 radical (unpaired) electrons. The van der Waals surface area contributed by atoms with E-state index in [1.807, 2.05) is 17.5 Å². The molecule has 110 valence electrons. The SMILES string of the molecule is COC(=O)CC(NC(=O)c1ccc(=O)[nH]n1)c1cccs1. The van der Waals surface area contributed by atoms with Crippen LogP contribution in [0.5, 0.6) is 0 Å². The number of rotatable bonds is 5. The largest absolute Gasteiger partial charge is 0.469 e. The zero-order valence-electron chi connectivity index (χ0n) is 11.2. The molecule has 0 aliphatic carbocycles. The van der Waals surface area contributed by atoms with Crippen molar-refractivity contribution in [2.45, 2.75) is 12.5 Å². The molecule has 0 aliphatic rings. The van der Waals surface area contributed by atoms with Crippen molar-refractivity contribution in [1.29, 1.82) is 0 Å². The van der Waals surface area contributed by atoms with Gasteiger partial charge in [0.15, 0.2) is 0 Å². The van der Waals surface area contributed by atoms with Crippen LogP contribution in [0.4, 0.5) is 0 Å². The van der Waals surface area contributed by atoms with Crippen LogP contribution in [0.1, 0.15) is 27.8 Å². The Labute approximate surface area is 124 Å². The lowest BCUT2D eigenvalue weighted by molar-refractivity contribution is -0.141. The lowest BCUT2D eigenvalue weighted by Crippen LogP contribution is -2.31. The van der Waals surface area contributed by atoms with Gasteiger partial charge in [0.1, 0.15) is 5.69 Å². The monoisotopic (exact) mass is 307 g/mol. The molecule has 0 spiro atoms. The van der Waals surface area contributed by atoms with Gasteiger partial charge in [0.25, 0.3) is 11.5 Å². The average Bonchev–Trinajstić information content (AvgIpc) is 3.01. The first-order chi connectivity index (χ1) is 10.1. The van der Waals surface area contributed by atoms with E-state index in [1.165, 1.54) is 30.6 Å². The third-order valence-corrected chi connectivity index (χ3v) is 3.69. The van der Waals surface area contributed by atoms with Gasteiger partial charge in [-0.15, -0.1) is 11.3 Å². The highest BCUT2D eigenvalue weighted by Crippen LogP contribution is 2.22. The van der Waals surface area contributed by atoms with Crippen molar-refractivity contribution in [2.75, 3.05) is 7.11 Å². The molecule has 7 nitrogen and oxygen atoms in total. The summed E-state index contributed by atoms with van der Waals surface area (Å²) in [7, 11) is 1.29. The number of hydrogen-bond donors (Lipinski definition) is 2. The second kappa shape index (κ2) is 6.80. The number of esters is 1. The zero-order valence-corrected chi connectivity index (χ0v) is 12.0. The Morgan fingerprint density at radius 2 is 2.24 bits per heavy atom. The van der Waals surface area contributed by atoms with E-state index in [4.69, 9.17) is 0 Å². The molecule has 21 heavy (non-hydrogen) atoms. The van der Waals surface area contributed by atoms with Crippen molar-refractivity contribution in [2.24, 2.45) is 0 Å². The van der Waals surface area contributed by atoms with Crippen molar-refractivity contribution in [3.63, 3.8) is 0 Å².